The Labute approximate surface area is 264 Å². The van der Waals surface area contributed by atoms with E-state index in [1.54, 1.807) is 30.4 Å². The van der Waals surface area contributed by atoms with Crippen molar-refractivity contribution in [2.24, 2.45) is 5.73 Å². The third kappa shape index (κ3) is 11.5. The van der Waals surface area contributed by atoms with Gasteiger partial charge in [-0.2, -0.15) is 0 Å². The summed E-state index contributed by atoms with van der Waals surface area (Å²) >= 11 is 13.4. The van der Waals surface area contributed by atoms with Crippen LogP contribution in [-0.4, -0.2) is 70.7 Å². The highest BCUT2D eigenvalue weighted by Gasteiger charge is 2.30. The molecule has 4 N–H and O–H groups in total. The quantitative estimate of drug-likeness (QED) is 0.0957. The summed E-state index contributed by atoms with van der Waals surface area (Å²) < 4.78 is 0. The standard InChI is InChI=1S/C32H42Cl2N4O3S/c1-5-8-24(7-3)10-12-27(37-16-14-26(35)20-37)15-17-38(22-39)30(21-42-31(9-6-2)23(4)40)32(41)36-19-25-11-13-28(33)29(34)18-25/h5-9,11,13,18,22,26-27,30,40H,1-4,10,12,14-17,19-21,35H2,(H,36,41)/b24-8+,31-9+/t26?,27?,30-/m1/s1. The lowest BCUT2D eigenvalue weighted by Gasteiger charge is -2.32. The number of nitrogens with one attached hydrogen (secondary N) is 1. The van der Waals surface area contributed by atoms with E-state index in [0.717, 1.165) is 43.5 Å². The third-order valence-corrected chi connectivity index (χ3v) is 9.00. The highest BCUT2D eigenvalue weighted by molar-refractivity contribution is 8.03. The monoisotopic (exact) mass is 632 g/mol. The van der Waals surface area contributed by atoms with Crippen LogP contribution in [0.2, 0.25) is 10.0 Å². The van der Waals surface area contributed by atoms with Gasteiger partial charge in [-0.25, -0.2) is 0 Å². The molecule has 0 spiro atoms. The van der Waals surface area contributed by atoms with Crippen molar-refractivity contribution in [3.05, 3.63) is 107 Å². The van der Waals surface area contributed by atoms with Crippen LogP contribution in [0.25, 0.3) is 0 Å². The van der Waals surface area contributed by atoms with E-state index in [9.17, 15) is 14.7 Å². The van der Waals surface area contributed by atoms with E-state index >= 15 is 0 Å². The average Bonchev–Trinajstić information content (AvgIpc) is 3.40. The molecule has 10 heteroatoms. The Hall–Kier alpha value is -2.75. The molecule has 42 heavy (non-hydrogen) atoms. The average molecular weight is 634 g/mol. The van der Waals surface area contributed by atoms with Gasteiger partial charge >= 0.3 is 0 Å². The van der Waals surface area contributed by atoms with Crippen LogP contribution in [0.15, 0.2) is 91.1 Å². The topological polar surface area (TPSA) is 98.9 Å². The fraction of sp³-hybridized carbons (Fsp3) is 0.375. The van der Waals surface area contributed by atoms with Crippen LogP contribution in [-0.2, 0) is 16.1 Å². The number of rotatable bonds is 19. The maximum atomic E-state index is 13.5. The second kappa shape index (κ2) is 18.7. The zero-order valence-electron chi connectivity index (χ0n) is 24.0. The summed E-state index contributed by atoms with van der Waals surface area (Å²) in [6.07, 6.45) is 12.6. The van der Waals surface area contributed by atoms with Crippen LogP contribution in [0.4, 0.5) is 0 Å². The van der Waals surface area contributed by atoms with Crippen LogP contribution in [0.1, 0.15) is 31.2 Å². The Bertz CT molecular complexity index is 1190. The van der Waals surface area contributed by atoms with Crippen molar-refractivity contribution < 1.29 is 14.7 Å². The van der Waals surface area contributed by atoms with Gasteiger partial charge in [-0.1, -0.05) is 79.9 Å². The lowest BCUT2D eigenvalue weighted by molar-refractivity contribution is -0.132. The van der Waals surface area contributed by atoms with Crippen molar-refractivity contribution in [2.75, 3.05) is 25.4 Å². The van der Waals surface area contributed by atoms with E-state index in [4.69, 9.17) is 28.9 Å². The summed E-state index contributed by atoms with van der Waals surface area (Å²) in [4.78, 5) is 30.3. The van der Waals surface area contributed by atoms with Gasteiger partial charge in [-0.05, 0) is 55.0 Å². The van der Waals surface area contributed by atoms with Gasteiger partial charge in [0.25, 0.3) is 0 Å². The Morgan fingerprint density at radius 2 is 1.95 bits per heavy atom. The number of carbonyl (C=O) groups is 2. The number of hydrogen-bond acceptors (Lipinski definition) is 6. The Morgan fingerprint density at radius 3 is 2.52 bits per heavy atom. The van der Waals surface area contributed by atoms with Gasteiger partial charge in [0.15, 0.2) is 0 Å². The fourth-order valence-corrected chi connectivity index (χ4v) is 6.12. The van der Waals surface area contributed by atoms with Crippen molar-refractivity contribution >= 4 is 47.3 Å². The van der Waals surface area contributed by atoms with Crippen molar-refractivity contribution in [1.29, 1.82) is 0 Å². The minimum absolute atomic E-state index is 0.121. The molecule has 0 bridgehead atoms. The summed E-state index contributed by atoms with van der Waals surface area (Å²) in [5.74, 6) is -0.263. The van der Waals surface area contributed by atoms with E-state index in [1.807, 2.05) is 12.2 Å². The normalized spacial score (nSPS) is 17.3. The molecule has 1 saturated heterocycles. The maximum Gasteiger partial charge on any atom is 0.243 e. The molecular weight excluding hydrogens is 591 g/mol. The van der Waals surface area contributed by atoms with Crippen LogP contribution >= 0.6 is 35.0 Å². The molecule has 2 unspecified atom stereocenters. The summed E-state index contributed by atoms with van der Waals surface area (Å²) in [6.45, 7) is 17.2. The molecule has 1 fully saturated rings. The zero-order valence-corrected chi connectivity index (χ0v) is 26.3. The van der Waals surface area contributed by atoms with Gasteiger partial charge in [0.1, 0.15) is 11.8 Å². The first-order chi connectivity index (χ1) is 20.1. The van der Waals surface area contributed by atoms with Crippen LogP contribution in [0.5, 0.6) is 0 Å². The van der Waals surface area contributed by atoms with E-state index < -0.39 is 6.04 Å². The number of benzene rings is 1. The predicted octanol–water partition coefficient (Wildman–Crippen LogP) is 6.18. The second-order valence-corrected chi connectivity index (χ2v) is 11.9. The van der Waals surface area contributed by atoms with Gasteiger partial charge in [-0.15, -0.1) is 11.8 Å². The molecule has 2 amide bonds. The molecule has 228 valence electrons. The first kappa shape index (κ1) is 35.4. The van der Waals surface area contributed by atoms with Crippen LogP contribution < -0.4 is 11.1 Å². The molecule has 0 saturated carbocycles. The number of thioether (sulfide) groups is 1. The number of aliphatic hydroxyl groups is 1. The van der Waals surface area contributed by atoms with Gasteiger partial charge in [0.05, 0.1) is 10.0 Å². The number of likely N-dealkylation sites (tertiary alicyclic amines) is 1. The summed E-state index contributed by atoms with van der Waals surface area (Å²) in [5, 5.41) is 13.7. The highest BCUT2D eigenvalue weighted by Crippen LogP contribution is 2.26. The number of carbonyl (C=O) groups excluding carboxylic acids is 2. The minimum atomic E-state index is -0.811. The Kier molecular flexibility index (Phi) is 15.8. The predicted molar refractivity (Wildman–Crippen MR) is 178 cm³/mol. The largest absolute Gasteiger partial charge is 0.507 e. The van der Waals surface area contributed by atoms with Crippen molar-refractivity contribution in [1.82, 2.24) is 15.1 Å². The first-order valence-electron chi connectivity index (χ1n) is 13.8. The van der Waals surface area contributed by atoms with Crippen molar-refractivity contribution in [3.8, 4) is 0 Å². The van der Waals surface area contributed by atoms with Crippen LogP contribution in [0, 0.1) is 0 Å². The number of allylic oxidation sites excluding steroid dienone is 6. The first-order valence-corrected chi connectivity index (χ1v) is 15.6. The molecule has 1 heterocycles. The summed E-state index contributed by atoms with van der Waals surface area (Å²) in [5.41, 5.74) is 8.08. The van der Waals surface area contributed by atoms with Gasteiger partial charge in [0, 0.05) is 48.9 Å². The third-order valence-electron chi connectivity index (χ3n) is 7.09. The van der Waals surface area contributed by atoms with Crippen LogP contribution in [0.3, 0.4) is 0 Å². The second-order valence-electron chi connectivity index (χ2n) is 10.1. The van der Waals surface area contributed by atoms with E-state index in [0.29, 0.717) is 34.3 Å². The Balaban J connectivity index is 2.23. The molecule has 7 nitrogen and oxygen atoms in total. The number of nitrogens with two attached hydrogens (primary N) is 1. The van der Waals surface area contributed by atoms with E-state index in [-0.39, 0.29) is 36.0 Å². The van der Waals surface area contributed by atoms with Crippen molar-refractivity contribution in [2.45, 2.75) is 50.4 Å². The minimum Gasteiger partial charge on any atom is -0.507 e. The SMILES string of the molecule is C=C/C=C(\C=C)CCC(CCN(C=O)[C@H](CS/C(=C/C=C)C(=C)O)C(=O)NCc1ccc(Cl)c(Cl)c1)N1CCC(N)C1. The molecule has 0 aromatic heterocycles. The van der Waals surface area contributed by atoms with Gasteiger partial charge in [0.2, 0.25) is 12.3 Å². The Morgan fingerprint density at radius 1 is 1.21 bits per heavy atom. The lowest BCUT2D eigenvalue weighted by atomic mass is 10.0. The van der Waals surface area contributed by atoms with E-state index in [2.05, 4.69) is 36.5 Å². The van der Waals surface area contributed by atoms with E-state index in [1.165, 1.54) is 22.7 Å². The molecule has 1 aromatic rings. The van der Waals surface area contributed by atoms with Gasteiger partial charge in [-0.3, -0.25) is 14.5 Å². The smallest absolute Gasteiger partial charge is 0.243 e. The van der Waals surface area contributed by atoms with Crippen molar-refractivity contribution in [3.63, 3.8) is 0 Å². The molecule has 1 aliphatic heterocycles. The molecule has 2 rings (SSSR count). The summed E-state index contributed by atoms with van der Waals surface area (Å²) in [7, 11) is 0. The number of halogens is 2. The maximum absolute atomic E-state index is 13.5. The number of hydrogen-bond donors (Lipinski definition) is 3. The molecule has 0 aliphatic carbocycles. The highest BCUT2D eigenvalue weighted by atomic mass is 35.5. The molecule has 1 aliphatic rings. The molecule has 1 aromatic carbocycles. The fourth-order valence-electron chi connectivity index (χ4n) is 4.76. The number of aliphatic hydroxyl groups excluding tert-OH is 1. The molecular formula is C32H42Cl2N4O3S. The van der Waals surface area contributed by atoms with Gasteiger partial charge < -0.3 is 21.1 Å². The zero-order chi connectivity index (χ0) is 31.1. The molecule has 0 radical (unpaired) electrons. The lowest BCUT2D eigenvalue weighted by Crippen LogP contribution is -2.49. The number of nitrogens with zero attached hydrogens (tertiary/aromatic N) is 2. The molecule has 3 atom stereocenters. The summed E-state index contributed by atoms with van der Waals surface area (Å²) in [6, 6.07) is 4.61. The number of amides is 2.